The highest BCUT2D eigenvalue weighted by atomic mass is 32.1. The molecule has 0 saturated carbocycles. The van der Waals surface area contributed by atoms with Crippen LogP contribution in [0.25, 0.3) is 10.2 Å². The van der Waals surface area contributed by atoms with Crippen LogP contribution < -0.4 is 10.2 Å². The molecule has 2 saturated heterocycles. The quantitative estimate of drug-likeness (QED) is 0.831. The topological polar surface area (TPSA) is 58.1 Å². The number of thiophene rings is 1. The molecule has 2 atom stereocenters. The van der Waals surface area contributed by atoms with Gasteiger partial charge in [-0.3, -0.25) is 4.79 Å². The van der Waals surface area contributed by atoms with E-state index < -0.39 is 0 Å². The number of aromatic nitrogens is 2. The average molecular weight is 260 g/mol. The summed E-state index contributed by atoms with van der Waals surface area (Å²) in [5, 5.41) is 6.20. The Morgan fingerprint density at radius 1 is 1.39 bits per heavy atom. The van der Waals surface area contributed by atoms with Crippen LogP contribution in [0.4, 0.5) is 5.82 Å². The first-order valence-corrected chi connectivity index (χ1v) is 6.92. The Labute approximate surface area is 108 Å². The zero-order valence-corrected chi connectivity index (χ0v) is 10.5. The van der Waals surface area contributed by atoms with Crippen molar-refractivity contribution in [2.75, 3.05) is 18.0 Å². The molecular weight excluding hydrogens is 248 g/mol. The van der Waals surface area contributed by atoms with Crippen LogP contribution in [0.5, 0.6) is 0 Å². The van der Waals surface area contributed by atoms with Crippen LogP contribution in [0.1, 0.15) is 6.42 Å². The molecule has 18 heavy (non-hydrogen) atoms. The number of fused-ring (bicyclic) bond motifs is 2. The highest BCUT2D eigenvalue weighted by Gasteiger charge is 2.40. The van der Waals surface area contributed by atoms with E-state index >= 15 is 0 Å². The molecule has 2 aromatic heterocycles. The monoisotopic (exact) mass is 260 g/mol. The standard InChI is InChI=1S/C12H12N4OS/c17-10-3-7-4-16(5-9(7)15-10)11-8-1-2-18-12(8)14-6-13-11/h1-2,6-7,9H,3-5H2,(H,15,17)/t7-,9+/m0/s1. The van der Waals surface area contributed by atoms with Gasteiger partial charge in [0.2, 0.25) is 5.91 Å². The second-order valence-corrected chi connectivity index (χ2v) is 5.77. The van der Waals surface area contributed by atoms with Gasteiger partial charge in [-0.25, -0.2) is 9.97 Å². The summed E-state index contributed by atoms with van der Waals surface area (Å²) >= 11 is 1.63. The minimum atomic E-state index is 0.188. The van der Waals surface area contributed by atoms with Gasteiger partial charge in [-0.15, -0.1) is 11.3 Å². The lowest BCUT2D eigenvalue weighted by atomic mass is 10.1. The van der Waals surface area contributed by atoms with E-state index in [1.54, 1.807) is 17.7 Å². The van der Waals surface area contributed by atoms with Crippen molar-refractivity contribution in [1.82, 2.24) is 15.3 Å². The lowest BCUT2D eigenvalue weighted by Crippen LogP contribution is -2.32. The normalized spacial score (nSPS) is 26.7. The molecule has 2 fully saturated rings. The molecule has 4 rings (SSSR count). The molecule has 0 spiro atoms. The molecule has 0 aromatic carbocycles. The number of hydrogen-bond acceptors (Lipinski definition) is 5. The van der Waals surface area contributed by atoms with E-state index in [2.05, 4.69) is 26.3 Å². The van der Waals surface area contributed by atoms with Crippen molar-refractivity contribution in [2.45, 2.75) is 12.5 Å². The fraction of sp³-hybridized carbons (Fsp3) is 0.417. The second kappa shape index (κ2) is 3.65. The minimum Gasteiger partial charge on any atom is -0.354 e. The van der Waals surface area contributed by atoms with E-state index in [0.717, 1.165) is 29.1 Å². The van der Waals surface area contributed by atoms with Crippen LogP contribution in [-0.2, 0) is 4.79 Å². The molecule has 1 N–H and O–H groups in total. The molecule has 5 nitrogen and oxygen atoms in total. The smallest absolute Gasteiger partial charge is 0.220 e. The lowest BCUT2D eigenvalue weighted by molar-refractivity contribution is -0.119. The van der Waals surface area contributed by atoms with Crippen molar-refractivity contribution < 1.29 is 4.79 Å². The third-order valence-electron chi connectivity index (χ3n) is 3.78. The number of anilines is 1. The fourth-order valence-corrected chi connectivity index (χ4v) is 3.67. The Morgan fingerprint density at radius 2 is 2.33 bits per heavy atom. The molecule has 2 aromatic rings. The van der Waals surface area contributed by atoms with Gasteiger partial charge in [-0.2, -0.15) is 0 Å². The van der Waals surface area contributed by atoms with Gasteiger partial charge in [-0.1, -0.05) is 0 Å². The molecule has 92 valence electrons. The van der Waals surface area contributed by atoms with Crippen LogP contribution in [0.15, 0.2) is 17.8 Å². The number of carbonyl (C=O) groups is 1. The van der Waals surface area contributed by atoms with Gasteiger partial charge in [0, 0.05) is 25.4 Å². The zero-order chi connectivity index (χ0) is 12.1. The highest BCUT2D eigenvalue weighted by Crippen LogP contribution is 2.33. The summed E-state index contributed by atoms with van der Waals surface area (Å²) in [6, 6.07) is 2.36. The summed E-state index contributed by atoms with van der Waals surface area (Å²) in [7, 11) is 0. The molecule has 0 aliphatic carbocycles. The molecule has 4 heterocycles. The van der Waals surface area contributed by atoms with Crippen LogP contribution >= 0.6 is 11.3 Å². The van der Waals surface area contributed by atoms with Gasteiger partial charge in [-0.05, 0) is 11.4 Å². The van der Waals surface area contributed by atoms with Crippen molar-refractivity contribution in [3.8, 4) is 0 Å². The molecule has 6 heteroatoms. The molecule has 0 bridgehead atoms. The van der Waals surface area contributed by atoms with Crippen LogP contribution in [0.2, 0.25) is 0 Å². The maximum Gasteiger partial charge on any atom is 0.220 e. The predicted octanol–water partition coefficient (Wildman–Crippen LogP) is 1.02. The van der Waals surface area contributed by atoms with Gasteiger partial charge in [0.05, 0.1) is 11.4 Å². The summed E-state index contributed by atoms with van der Waals surface area (Å²) in [5.74, 6) is 1.62. The first-order chi connectivity index (χ1) is 8.81. The van der Waals surface area contributed by atoms with Crippen LogP contribution in [0.3, 0.4) is 0 Å². The number of nitrogens with one attached hydrogen (secondary N) is 1. The van der Waals surface area contributed by atoms with Crippen LogP contribution in [-0.4, -0.2) is 35.0 Å². The SMILES string of the molecule is O=C1C[C@H]2CN(c3ncnc4sccc34)C[C@H]2N1. The highest BCUT2D eigenvalue weighted by molar-refractivity contribution is 7.16. The summed E-state index contributed by atoms with van der Waals surface area (Å²) in [6.45, 7) is 1.77. The maximum atomic E-state index is 11.3. The number of rotatable bonds is 1. The molecule has 2 aliphatic rings. The van der Waals surface area contributed by atoms with E-state index in [-0.39, 0.29) is 5.91 Å². The van der Waals surface area contributed by atoms with Gasteiger partial charge >= 0.3 is 0 Å². The van der Waals surface area contributed by atoms with Crippen molar-refractivity contribution >= 4 is 33.3 Å². The van der Waals surface area contributed by atoms with E-state index in [0.29, 0.717) is 18.4 Å². The van der Waals surface area contributed by atoms with E-state index in [1.165, 1.54) is 0 Å². The number of hydrogen-bond donors (Lipinski definition) is 1. The first kappa shape index (κ1) is 10.3. The van der Waals surface area contributed by atoms with E-state index in [1.807, 2.05) is 5.38 Å². The molecule has 0 radical (unpaired) electrons. The Hall–Kier alpha value is -1.69. The largest absolute Gasteiger partial charge is 0.354 e. The van der Waals surface area contributed by atoms with Gasteiger partial charge in [0.15, 0.2) is 0 Å². The first-order valence-electron chi connectivity index (χ1n) is 6.04. The predicted molar refractivity (Wildman–Crippen MR) is 69.7 cm³/mol. The van der Waals surface area contributed by atoms with E-state index in [4.69, 9.17) is 0 Å². The Morgan fingerprint density at radius 3 is 3.22 bits per heavy atom. The number of carbonyl (C=O) groups excluding carboxylic acids is 1. The van der Waals surface area contributed by atoms with Crippen molar-refractivity contribution in [3.05, 3.63) is 17.8 Å². The Balaban J connectivity index is 1.69. The van der Waals surface area contributed by atoms with Crippen molar-refractivity contribution in [1.29, 1.82) is 0 Å². The molecular formula is C12H12N4OS. The minimum absolute atomic E-state index is 0.188. The summed E-state index contributed by atoms with van der Waals surface area (Å²) in [4.78, 5) is 23.3. The fourth-order valence-electron chi connectivity index (χ4n) is 2.95. The van der Waals surface area contributed by atoms with Crippen LogP contribution in [0, 0.1) is 5.92 Å². The van der Waals surface area contributed by atoms with Gasteiger partial charge in [0.1, 0.15) is 17.0 Å². The Bertz CT molecular complexity index is 609. The average Bonchev–Trinajstić information content (AvgIpc) is 3.00. The molecule has 0 unspecified atom stereocenters. The molecule has 2 aliphatic heterocycles. The lowest BCUT2D eigenvalue weighted by Gasteiger charge is -2.18. The third kappa shape index (κ3) is 1.42. The second-order valence-electron chi connectivity index (χ2n) is 4.88. The zero-order valence-electron chi connectivity index (χ0n) is 9.67. The molecule has 1 amide bonds. The van der Waals surface area contributed by atoms with Crippen molar-refractivity contribution in [2.24, 2.45) is 5.92 Å². The van der Waals surface area contributed by atoms with Gasteiger partial charge < -0.3 is 10.2 Å². The van der Waals surface area contributed by atoms with Gasteiger partial charge in [0.25, 0.3) is 0 Å². The summed E-state index contributed by atoms with van der Waals surface area (Å²) in [5.41, 5.74) is 0. The summed E-state index contributed by atoms with van der Waals surface area (Å²) < 4.78 is 0. The number of nitrogens with zero attached hydrogens (tertiary/aromatic N) is 3. The summed E-state index contributed by atoms with van der Waals surface area (Å²) in [6.07, 6.45) is 2.28. The van der Waals surface area contributed by atoms with Crippen molar-refractivity contribution in [3.63, 3.8) is 0 Å². The maximum absolute atomic E-state index is 11.3. The Kier molecular flexibility index (Phi) is 2.08. The third-order valence-corrected chi connectivity index (χ3v) is 4.60. The number of amides is 1. The van der Waals surface area contributed by atoms with E-state index in [9.17, 15) is 4.79 Å².